The third kappa shape index (κ3) is 3.58. The lowest BCUT2D eigenvalue weighted by Crippen LogP contribution is -2.44. The minimum atomic E-state index is -3.74. The summed E-state index contributed by atoms with van der Waals surface area (Å²) in [6.45, 7) is 2.99. The van der Waals surface area contributed by atoms with Gasteiger partial charge in [0.1, 0.15) is 0 Å². The normalized spacial score (nSPS) is 25.0. The van der Waals surface area contributed by atoms with Gasteiger partial charge in [-0.2, -0.15) is 4.31 Å². The molecule has 0 aromatic heterocycles. The molecule has 1 atom stereocenters. The van der Waals surface area contributed by atoms with Crippen LogP contribution >= 0.6 is 11.6 Å². The van der Waals surface area contributed by atoms with Crippen LogP contribution in [0.5, 0.6) is 0 Å². The molecule has 0 aliphatic carbocycles. The number of carbonyl (C=O) groups excluding carboxylic acids is 2. The van der Waals surface area contributed by atoms with E-state index in [0.29, 0.717) is 24.7 Å². The number of halogens is 1. The quantitative estimate of drug-likeness (QED) is 0.744. The highest BCUT2D eigenvalue weighted by atomic mass is 35.5. The first-order valence-corrected chi connectivity index (χ1v) is 10.2. The maximum Gasteiger partial charge on any atom is 0.243 e. The molecule has 1 unspecified atom stereocenters. The molecular formula is C17H22ClN3O4S. The summed E-state index contributed by atoms with van der Waals surface area (Å²) in [5, 5.41) is 0.460. The van der Waals surface area contributed by atoms with Crippen LogP contribution in [-0.2, 0) is 19.6 Å². The average Bonchev–Trinajstić information content (AvgIpc) is 2.73. The first-order chi connectivity index (χ1) is 12.1. The molecule has 7 nitrogen and oxygen atoms in total. The van der Waals surface area contributed by atoms with Crippen molar-refractivity contribution in [3.05, 3.63) is 29.3 Å². The molecular weight excluding hydrogens is 378 g/mol. The highest BCUT2D eigenvalue weighted by Gasteiger charge is 2.48. The van der Waals surface area contributed by atoms with Crippen molar-refractivity contribution in [3.63, 3.8) is 0 Å². The van der Waals surface area contributed by atoms with Crippen molar-refractivity contribution in [2.24, 2.45) is 5.41 Å². The minimum Gasteiger partial charge on any atom is -0.345 e. The molecule has 2 aliphatic rings. The predicted octanol–water partition coefficient (Wildman–Crippen LogP) is 1.04. The summed E-state index contributed by atoms with van der Waals surface area (Å²) in [6, 6.07) is 6.03. The highest BCUT2D eigenvalue weighted by molar-refractivity contribution is 7.89. The predicted molar refractivity (Wildman–Crippen MR) is 97.2 cm³/mol. The Hall–Kier alpha value is -1.64. The zero-order chi connectivity index (χ0) is 19.1. The number of rotatable bonds is 2. The van der Waals surface area contributed by atoms with Gasteiger partial charge in [0.25, 0.3) is 0 Å². The van der Waals surface area contributed by atoms with Crippen LogP contribution in [0.3, 0.4) is 0 Å². The van der Waals surface area contributed by atoms with Crippen molar-refractivity contribution < 1.29 is 18.0 Å². The van der Waals surface area contributed by atoms with Crippen molar-refractivity contribution in [3.8, 4) is 0 Å². The van der Waals surface area contributed by atoms with Gasteiger partial charge in [-0.1, -0.05) is 11.6 Å². The summed E-state index contributed by atoms with van der Waals surface area (Å²) in [4.78, 5) is 27.5. The molecule has 2 saturated heterocycles. The number of carbonyl (C=O) groups is 2. The van der Waals surface area contributed by atoms with E-state index in [-0.39, 0.29) is 36.2 Å². The smallest absolute Gasteiger partial charge is 0.243 e. The average molecular weight is 400 g/mol. The standard InChI is InChI=1S/C17H22ClN3O4S/c1-13(22)20-7-8-21(12-17(11-20)9-16(23)19(2)10-17)26(24,25)15-5-3-14(18)4-6-15/h3-6H,7-12H2,1-2H3. The van der Waals surface area contributed by atoms with Crippen LogP contribution in [0, 0.1) is 5.41 Å². The molecule has 1 spiro atoms. The molecule has 9 heteroatoms. The summed E-state index contributed by atoms with van der Waals surface area (Å²) in [7, 11) is -2.04. The third-order valence-corrected chi connectivity index (χ3v) is 7.19. The van der Waals surface area contributed by atoms with Crippen LogP contribution < -0.4 is 0 Å². The zero-order valence-electron chi connectivity index (χ0n) is 14.8. The molecule has 1 aromatic carbocycles. The van der Waals surface area contributed by atoms with Crippen LogP contribution in [0.15, 0.2) is 29.2 Å². The Bertz CT molecular complexity index is 827. The summed E-state index contributed by atoms with van der Waals surface area (Å²) in [6.07, 6.45) is 0.236. The van der Waals surface area contributed by atoms with Gasteiger partial charge in [0.05, 0.1) is 4.90 Å². The maximum atomic E-state index is 13.1. The molecule has 1 aromatic rings. The van der Waals surface area contributed by atoms with E-state index in [4.69, 9.17) is 11.6 Å². The van der Waals surface area contributed by atoms with Crippen LogP contribution in [0.1, 0.15) is 13.3 Å². The Morgan fingerprint density at radius 1 is 1.12 bits per heavy atom. The summed E-state index contributed by atoms with van der Waals surface area (Å²) in [5.41, 5.74) is -0.590. The monoisotopic (exact) mass is 399 g/mol. The number of hydrogen-bond acceptors (Lipinski definition) is 4. The summed E-state index contributed by atoms with van der Waals surface area (Å²) >= 11 is 5.86. The molecule has 26 heavy (non-hydrogen) atoms. The fourth-order valence-corrected chi connectivity index (χ4v) is 5.43. The molecule has 2 amide bonds. The Kier molecular flexibility index (Phi) is 5.02. The lowest BCUT2D eigenvalue weighted by Gasteiger charge is -2.32. The molecule has 0 saturated carbocycles. The van der Waals surface area contributed by atoms with Gasteiger partial charge in [0.2, 0.25) is 21.8 Å². The van der Waals surface area contributed by atoms with Gasteiger partial charge in [-0.05, 0) is 24.3 Å². The van der Waals surface area contributed by atoms with Crippen LogP contribution in [-0.4, -0.2) is 74.1 Å². The first kappa shape index (κ1) is 19.1. The van der Waals surface area contributed by atoms with E-state index < -0.39 is 15.4 Å². The fraction of sp³-hybridized carbons (Fsp3) is 0.529. The molecule has 0 bridgehead atoms. The molecule has 2 fully saturated rings. The van der Waals surface area contributed by atoms with Gasteiger partial charge in [-0.25, -0.2) is 8.42 Å². The molecule has 3 rings (SSSR count). The molecule has 0 N–H and O–H groups in total. The highest BCUT2D eigenvalue weighted by Crippen LogP contribution is 2.36. The Morgan fingerprint density at radius 2 is 1.77 bits per heavy atom. The second kappa shape index (κ2) is 6.83. The van der Waals surface area contributed by atoms with E-state index >= 15 is 0 Å². The van der Waals surface area contributed by atoms with Gasteiger partial charge < -0.3 is 9.80 Å². The number of hydrogen-bond donors (Lipinski definition) is 0. The molecule has 2 aliphatic heterocycles. The molecule has 2 heterocycles. The van der Waals surface area contributed by atoms with Crippen molar-refractivity contribution in [2.75, 3.05) is 39.8 Å². The van der Waals surface area contributed by atoms with Crippen molar-refractivity contribution in [1.82, 2.24) is 14.1 Å². The van der Waals surface area contributed by atoms with Crippen molar-refractivity contribution in [1.29, 1.82) is 0 Å². The second-order valence-corrected chi connectivity index (χ2v) is 9.53. The molecule has 142 valence electrons. The first-order valence-electron chi connectivity index (χ1n) is 8.38. The van der Waals surface area contributed by atoms with E-state index in [0.717, 1.165) is 0 Å². The van der Waals surface area contributed by atoms with Crippen LogP contribution in [0.4, 0.5) is 0 Å². The van der Waals surface area contributed by atoms with Gasteiger partial charge in [0, 0.05) is 63.6 Å². The molecule has 0 radical (unpaired) electrons. The Balaban J connectivity index is 1.96. The van der Waals surface area contributed by atoms with E-state index in [9.17, 15) is 18.0 Å². The largest absolute Gasteiger partial charge is 0.345 e. The van der Waals surface area contributed by atoms with Crippen LogP contribution in [0.2, 0.25) is 5.02 Å². The number of nitrogens with zero attached hydrogens (tertiary/aromatic N) is 3. The summed E-state index contributed by atoms with van der Waals surface area (Å²) in [5.74, 6) is -0.142. The fourth-order valence-electron chi connectivity index (χ4n) is 3.76. The maximum absolute atomic E-state index is 13.1. The second-order valence-electron chi connectivity index (χ2n) is 7.16. The van der Waals surface area contributed by atoms with Gasteiger partial charge >= 0.3 is 0 Å². The lowest BCUT2D eigenvalue weighted by atomic mass is 9.86. The third-order valence-electron chi connectivity index (χ3n) is 5.08. The number of likely N-dealkylation sites (tertiary alicyclic amines) is 1. The van der Waals surface area contributed by atoms with Crippen molar-refractivity contribution in [2.45, 2.75) is 18.2 Å². The number of sulfonamides is 1. The van der Waals surface area contributed by atoms with Crippen LogP contribution in [0.25, 0.3) is 0 Å². The topological polar surface area (TPSA) is 78.0 Å². The van der Waals surface area contributed by atoms with Gasteiger partial charge in [-0.3, -0.25) is 9.59 Å². The Labute approximate surface area is 158 Å². The van der Waals surface area contributed by atoms with E-state index in [1.807, 2.05) is 0 Å². The van der Waals surface area contributed by atoms with E-state index in [2.05, 4.69) is 0 Å². The van der Waals surface area contributed by atoms with Crippen molar-refractivity contribution >= 4 is 33.4 Å². The zero-order valence-corrected chi connectivity index (χ0v) is 16.4. The van der Waals surface area contributed by atoms with Gasteiger partial charge in [0.15, 0.2) is 0 Å². The van der Waals surface area contributed by atoms with E-state index in [1.165, 1.54) is 35.5 Å². The van der Waals surface area contributed by atoms with Gasteiger partial charge in [-0.15, -0.1) is 0 Å². The lowest BCUT2D eigenvalue weighted by molar-refractivity contribution is -0.130. The Morgan fingerprint density at radius 3 is 2.31 bits per heavy atom. The number of amides is 2. The van der Waals surface area contributed by atoms with E-state index in [1.54, 1.807) is 16.8 Å². The SMILES string of the molecule is CC(=O)N1CCN(S(=O)(=O)c2ccc(Cl)cc2)CC2(CC(=O)N(C)C2)C1. The minimum absolute atomic E-state index is 0.0285. The summed E-state index contributed by atoms with van der Waals surface area (Å²) < 4.78 is 27.6. The number of benzene rings is 1.